The fraction of sp³-hybridized carbons (Fsp3) is 0.462. The van der Waals surface area contributed by atoms with Gasteiger partial charge in [-0.1, -0.05) is 18.7 Å². The Bertz CT molecular complexity index is 625. The number of nitrogens with zero attached hydrogens (tertiary/aromatic N) is 3. The van der Waals surface area contributed by atoms with E-state index in [4.69, 9.17) is 5.11 Å². The number of thioether (sulfide) groups is 1. The van der Waals surface area contributed by atoms with Gasteiger partial charge in [0.1, 0.15) is 5.52 Å². The Morgan fingerprint density at radius 2 is 2.42 bits per heavy atom. The molecule has 2 aromatic heterocycles. The summed E-state index contributed by atoms with van der Waals surface area (Å²) >= 11 is 1.26. The molecule has 19 heavy (non-hydrogen) atoms. The summed E-state index contributed by atoms with van der Waals surface area (Å²) in [6.45, 7) is 3.12. The van der Waals surface area contributed by atoms with E-state index in [1.165, 1.54) is 18.2 Å². The number of carboxylic acids is 1. The number of hydrogen-bond acceptors (Lipinski definition) is 4. The van der Waals surface area contributed by atoms with Gasteiger partial charge < -0.3 is 9.67 Å². The molecule has 2 heterocycles. The first-order chi connectivity index (χ1) is 9.15. The molecule has 5 nitrogen and oxygen atoms in total. The highest BCUT2D eigenvalue weighted by molar-refractivity contribution is 7.99. The predicted octanol–water partition coefficient (Wildman–Crippen LogP) is 2.26. The van der Waals surface area contributed by atoms with E-state index in [0.29, 0.717) is 5.92 Å². The van der Waals surface area contributed by atoms with Crippen LogP contribution in [-0.2, 0) is 11.3 Å². The largest absolute Gasteiger partial charge is 0.481 e. The van der Waals surface area contributed by atoms with E-state index in [1.807, 2.05) is 12.1 Å². The van der Waals surface area contributed by atoms with Crippen molar-refractivity contribution in [1.29, 1.82) is 0 Å². The average molecular weight is 277 g/mol. The first-order valence-electron chi connectivity index (χ1n) is 6.31. The Balaban J connectivity index is 1.93. The monoisotopic (exact) mass is 277 g/mol. The fourth-order valence-corrected chi connectivity index (χ4v) is 2.96. The van der Waals surface area contributed by atoms with Crippen LogP contribution in [0.5, 0.6) is 0 Å². The van der Waals surface area contributed by atoms with Gasteiger partial charge in [0.2, 0.25) is 0 Å². The number of carbonyl (C=O) groups is 1. The van der Waals surface area contributed by atoms with Crippen LogP contribution in [0.2, 0.25) is 0 Å². The Morgan fingerprint density at radius 3 is 3.11 bits per heavy atom. The first kappa shape index (κ1) is 12.5. The summed E-state index contributed by atoms with van der Waals surface area (Å²) in [6.07, 6.45) is 2.98. The number of fused-ring (bicyclic) bond motifs is 1. The zero-order valence-electron chi connectivity index (χ0n) is 10.6. The second kappa shape index (κ2) is 4.85. The molecular formula is C13H15N3O2S. The van der Waals surface area contributed by atoms with Crippen molar-refractivity contribution in [3.63, 3.8) is 0 Å². The van der Waals surface area contributed by atoms with Crippen molar-refractivity contribution in [1.82, 2.24) is 14.5 Å². The number of hydrogen-bond donors (Lipinski definition) is 1. The number of aromatic nitrogens is 3. The molecule has 3 rings (SSSR count). The second-order valence-electron chi connectivity index (χ2n) is 5.01. The minimum absolute atomic E-state index is 0.0313. The molecule has 0 spiro atoms. The normalized spacial score (nSPS) is 21.7. The second-order valence-corrected chi connectivity index (χ2v) is 5.95. The smallest absolute Gasteiger partial charge is 0.313 e. The van der Waals surface area contributed by atoms with Crippen LogP contribution in [0.15, 0.2) is 23.5 Å². The third kappa shape index (κ3) is 2.58. The van der Waals surface area contributed by atoms with E-state index in [1.54, 1.807) is 6.20 Å². The predicted molar refractivity (Wildman–Crippen MR) is 73.2 cm³/mol. The Hall–Kier alpha value is -1.56. The molecule has 1 fully saturated rings. The van der Waals surface area contributed by atoms with Gasteiger partial charge in [-0.15, -0.1) is 0 Å². The number of rotatable bonds is 5. The molecular weight excluding hydrogens is 262 g/mol. The number of imidazole rings is 1. The lowest BCUT2D eigenvalue weighted by molar-refractivity contribution is -0.133. The van der Waals surface area contributed by atoms with Crippen molar-refractivity contribution in [3.8, 4) is 0 Å². The number of carboxylic acid groups (broad SMARTS) is 1. The minimum Gasteiger partial charge on any atom is -0.481 e. The van der Waals surface area contributed by atoms with Gasteiger partial charge in [0.25, 0.3) is 0 Å². The van der Waals surface area contributed by atoms with Crippen molar-refractivity contribution in [2.45, 2.75) is 25.0 Å². The summed E-state index contributed by atoms with van der Waals surface area (Å²) in [5.41, 5.74) is 1.69. The third-order valence-corrected chi connectivity index (χ3v) is 4.45. The lowest BCUT2D eigenvalue weighted by Gasteiger charge is -2.06. The maximum Gasteiger partial charge on any atom is 0.313 e. The Kier molecular flexibility index (Phi) is 3.18. The molecule has 0 saturated heterocycles. The molecule has 1 aliphatic rings. The molecule has 0 aromatic carbocycles. The van der Waals surface area contributed by atoms with Gasteiger partial charge in [0.15, 0.2) is 10.8 Å². The van der Waals surface area contributed by atoms with E-state index in [-0.39, 0.29) is 5.75 Å². The van der Waals surface area contributed by atoms with E-state index < -0.39 is 5.97 Å². The van der Waals surface area contributed by atoms with Gasteiger partial charge in [0.05, 0.1) is 5.75 Å². The van der Waals surface area contributed by atoms with Crippen molar-refractivity contribution in [3.05, 3.63) is 18.3 Å². The van der Waals surface area contributed by atoms with Crippen LogP contribution in [-0.4, -0.2) is 31.4 Å². The molecule has 1 saturated carbocycles. The summed E-state index contributed by atoms with van der Waals surface area (Å²) < 4.78 is 2.07. The standard InChI is InChI=1S/C13H15N3O2S/c1-8-5-9(8)6-16-12-10(3-2-4-14-12)15-13(16)19-7-11(17)18/h2-4,8-9H,5-7H2,1H3,(H,17,18). The number of pyridine rings is 1. The molecule has 0 amide bonds. The zero-order valence-corrected chi connectivity index (χ0v) is 11.4. The Labute approximate surface area is 115 Å². The molecule has 1 N–H and O–H groups in total. The van der Waals surface area contributed by atoms with Crippen LogP contribution in [0.4, 0.5) is 0 Å². The van der Waals surface area contributed by atoms with Crippen molar-refractivity contribution >= 4 is 28.9 Å². The fourth-order valence-electron chi connectivity index (χ4n) is 2.23. The van der Waals surface area contributed by atoms with Crippen LogP contribution in [0.1, 0.15) is 13.3 Å². The van der Waals surface area contributed by atoms with Crippen LogP contribution in [0, 0.1) is 11.8 Å². The molecule has 0 bridgehead atoms. The number of aliphatic carboxylic acids is 1. The topological polar surface area (TPSA) is 68.0 Å². The molecule has 0 radical (unpaired) electrons. The summed E-state index contributed by atoms with van der Waals surface area (Å²) in [4.78, 5) is 19.6. The lowest BCUT2D eigenvalue weighted by Crippen LogP contribution is -2.05. The van der Waals surface area contributed by atoms with Gasteiger partial charge >= 0.3 is 5.97 Å². The summed E-state index contributed by atoms with van der Waals surface area (Å²) in [5, 5.41) is 9.56. The van der Waals surface area contributed by atoms with Crippen LogP contribution in [0.3, 0.4) is 0 Å². The molecule has 2 atom stereocenters. The third-order valence-electron chi connectivity index (χ3n) is 3.49. The van der Waals surface area contributed by atoms with Gasteiger partial charge in [-0.25, -0.2) is 9.97 Å². The SMILES string of the molecule is CC1CC1Cn1c(SCC(=O)O)nc2cccnc21. The van der Waals surface area contributed by atoms with Crippen LogP contribution < -0.4 is 0 Å². The van der Waals surface area contributed by atoms with Gasteiger partial charge in [-0.2, -0.15) is 0 Å². The molecule has 2 aromatic rings. The summed E-state index contributed by atoms with van der Waals surface area (Å²) in [5.74, 6) is 0.627. The highest BCUT2D eigenvalue weighted by Gasteiger charge is 2.33. The summed E-state index contributed by atoms with van der Waals surface area (Å²) in [7, 11) is 0. The van der Waals surface area contributed by atoms with E-state index >= 15 is 0 Å². The van der Waals surface area contributed by atoms with Gasteiger partial charge in [0, 0.05) is 12.7 Å². The molecule has 100 valence electrons. The summed E-state index contributed by atoms with van der Waals surface area (Å²) in [6, 6.07) is 3.77. The Morgan fingerprint density at radius 1 is 1.63 bits per heavy atom. The van der Waals surface area contributed by atoms with E-state index in [0.717, 1.165) is 28.8 Å². The molecule has 6 heteroatoms. The highest BCUT2D eigenvalue weighted by atomic mass is 32.2. The van der Waals surface area contributed by atoms with E-state index in [2.05, 4.69) is 21.5 Å². The molecule has 0 aliphatic heterocycles. The maximum absolute atomic E-state index is 10.7. The van der Waals surface area contributed by atoms with Crippen molar-refractivity contribution < 1.29 is 9.90 Å². The van der Waals surface area contributed by atoms with Gasteiger partial charge in [-0.05, 0) is 30.4 Å². The molecule has 2 unspecified atom stereocenters. The van der Waals surface area contributed by atoms with Gasteiger partial charge in [-0.3, -0.25) is 4.79 Å². The zero-order chi connectivity index (χ0) is 13.4. The minimum atomic E-state index is -0.823. The van der Waals surface area contributed by atoms with Crippen LogP contribution in [0.25, 0.3) is 11.2 Å². The van der Waals surface area contributed by atoms with Crippen molar-refractivity contribution in [2.75, 3.05) is 5.75 Å². The highest BCUT2D eigenvalue weighted by Crippen LogP contribution is 2.40. The maximum atomic E-state index is 10.7. The van der Waals surface area contributed by atoms with Crippen LogP contribution >= 0.6 is 11.8 Å². The first-order valence-corrected chi connectivity index (χ1v) is 7.29. The average Bonchev–Trinajstić information content (AvgIpc) is 2.96. The van der Waals surface area contributed by atoms with E-state index in [9.17, 15) is 4.79 Å². The quantitative estimate of drug-likeness (QED) is 0.849. The lowest BCUT2D eigenvalue weighted by atomic mass is 10.3. The van der Waals surface area contributed by atoms with Crippen molar-refractivity contribution in [2.24, 2.45) is 11.8 Å². The molecule has 1 aliphatic carbocycles.